The molecule has 0 radical (unpaired) electrons. The second-order valence-corrected chi connectivity index (χ2v) is 3.72. The average molecular weight is 214 g/mol. The van der Waals surface area contributed by atoms with E-state index in [4.69, 9.17) is 0 Å². The van der Waals surface area contributed by atoms with Crippen molar-refractivity contribution in [3.63, 3.8) is 0 Å². The summed E-state index contributed by atoms with van der Waals surface area (Å²) in [6, 6.07) is 6.03. The van der Waals surface area contributed by atoms with Crippen molar-refractivity contribution in [1.82, 2.24) is 0 Å². The van der Waals surface area contributed by atoms with Gasteiger partial charge < -0.3 is 10.3 Å². The Morgan fingerprint density at radius 2 is 2.00 bits per heavy atom. The monoisotopic (exact) mass is 213 g/mol. The molecule has 1 aromatic carbocycles. The predicted octanol–water partition coefficient (Wildman–Crippen LogP) is 0.845. The molecule has 1 aliphatic rings. The number of hydrogen-bond acceptors (Lipinski definition) is 1. The number of hydroxylamine groups is 2. The van der Waals surface area contributed by atoms with E-state index >= 15 is 0 Å². The molecule has 11 heavy (non-hydrogen) atoms. The lowest BCUT2D eigenvalue weighted by molar-refractivity contribution is -0.869. The summed E-state index contributed by atoms with van der Waals surface area (Å²) in [6.07, 6.45) is 0. The van der Waals surface area contributed by atoms with Gasteiger partial charge in [0, 0.05) is 15.6 Å². The van der Waals surface area contributed by atoms with Crippen LogP contribution in [0.1, 0.15) is 11.1 Å². The molecule has 1 N–H and O–H groups in total. The number of nitrogens with one attached hydrogen (secondary N) is 1. The van der Waals surface area contributed by atoms with Gasteiger partial charge >= 0.3 is 0 Å². The van der Waals surface area contributed by atoms with E-state index in [1.165, 1.54) is 11.1 Å². The van der Waals surface area contributed by atoms with Crippen molar-refractivity contribution < 1.29 is 5.06 Å². The largest absolute Gasteiger partial charge is 0.634 e. The second-order valence-electron chi connectivity index (χ2n) is 2.81. The molecule has 0 spiro atoms. The molecular weight excluding hydrogens is 206 g/mol. The Labute approximate surface area is 73.5 Å². The quantitative estimate of drug-likeness (QED) is 0.637. The molecule has 0 aliphatic carbocycles. The minimum atomic E-state index is 0.332. The van der Waals surface area contributed by atoms with Crippen LogP contribution < -0.4 is 5.06 Å². The highest BCUT2D eigenvalue weighted by Crippen LogP contribution is 2.17. The van der Waals surface area contributed by atoms with Gasteiger partial charge in [0.1, 0.15) is 13.1 Å². The van der Waals surface area contributed by atoms with Gasteiger partial charge in [-0.25, -0.2) is 0 Å². The van der Waals surface area contributed by atoms with Gasteiger partial charge in [-0.05, 0) is 12.1 Å². The molecule has 1 unspecified atom stereocenters. The van der Waals surface area contributed by atoms with Crippen molar-refractivity contribution in [3.05, 3.63) is 39.0 Å². The van der Waals surface area contributed by atoms with Crippen LogP contribution in [0.5, 0.6) is 0 Å². The van der Waals surface area contributed by atoms with E-state index in [0.29, 0.717) is 18.2 Å². The summed E-state index contributed by atoms with van der Waals surface area (Å²) in [6.45, 7) is 1.25. The Balaban J connectivity index is 2.43. The summed E-state index contributed by atoms with van der Waals surface area (Å²) < 4.78 is 1.06. The SMILES string of the molecule is [O-][NH+]1Cc2ccc(Br)cc2C1. The fraction of sp³-hybridized carbons (Fsp3) is 0.250. The summed E-state index contributed by atoms with van der Waals surface area (Å²) in [4.78, 5) is 0. The summed E-state index contributed by atoms with van der Waals surface area (Å²) in [5.41, 5.74) is 2.38. The smallest absolute Gasteiger partial charge is 0.103 e. The molecule has 1 aromatic rings. The average Bonchev–Trinajstić information content (AvgIpc) is 2.27. The van der Waals surface area contributed by atoms with Crippen LogP contribution in [0.2, 0.25) is 0 Å². The van der Waals surface area contributed by atoms with Crippen molar-refractivity contribution in [2.45, 2.75) is 13.1 Å². The molecule has 1 aliphatic heterocycles. The molecule has 1 heterocycles. The Hall–Kier alpha value is -0.380. The van der Waals surface area contributed by atoms with E-state index in [0.717, 1.165) is 4.47 Å². The van der Waals surface area contributed by atoms with Crippen LogP contribution in [0.4, 0.5) is 0 Å². The fourth-order valence-electron chi connectivity index (χ4n) is 1.42. The van der Waals surface area contributed by atoms with E-state index in [9.17, 15) is 5.21 Å². The minimum absolute atomic E-state index is 0.332. The normalized spacial score (nSPS) is 21.8. The van der Waals surface area contributed by atoms with Crippen LogP contribution in [0.3, 0.4) is 0 Å². The third-order valence-corrected chi connectivity index (χ3v) is 2.44. The molecule has 0 amide bonds. The van der Waals surface area contributed by atoms with Crippen LogP contribution >= 0.6 is 15.9 Å². The predicted molar refractivity (Wildman–Crippen MR) is 45.9 cm³/mol. The van der Waals surface area contributed by atoms with E-state index in [-0.39, 0.29) is 0 Å². The number of quaternary nitrogens is 1. The van der Waals surface area contributed by atoms with Crippen LogP contribution in [0.25, 0.3) is 0 Å². The minimum Gasteiger partial charge on any atom is -0.634 e. The van der Waals surface area contributed by atoms with E-state index in [1.54, 1.807) is 0 Å². The van der Waals surface area contributed by atoms with Gasteiger partial charge in [-0.2, -0.15) is 0 Å². The number of halogens is 1. The van der Waals surface area contributed by atoms with Crippen LogP contribution in [-0.4, -0.2) is 0 Å². The van der Waals surface area contributed by atoms with Crippen LogP contribution in [0, 0.1) is 5.21 Å². The Kier molecular flexibility index (Phi) is 1.71. The maximum Gasteiger partial charge on any atom is 0.103 e. The number of fused-ring (bicyclic) bond motifs is 1. The van der Waals surface area contributed by atoms with Crippen molar-refractivity contribution in [3.8, 4) is 0 Å². The van der Waals surface area contributed by atoms with Gasteiger partial charge in [0.05, 0.1) is 0 Å². The van der Waals surface area contributed by atoms with Gasteiger partial charge in [-0.15, -0.1) is 0 Å². The van der Waals surface area contributed by atoms with Crippen LogP contribution in [0.15, 0.2) is 22.7 Å². The lowest BCUT2D eigenvalue weighted by atomic mass is 10.1. The lowest BCUT2D eigenvalue weighted by Gasteiger charge is -2.12. The number of rotatable bonds is 0. The standard InChI is InChI=1S/C8H8BrNO/c9-8-2-1-6-4-10(11)5-7(6)3-8/h1-3,10H,4-5H2. The first kappa shape index (κ1) is 7.28. The Morgan fingerprint density at radius 1 is 1.27 bits per heavy atom. The topological polar surface area (TPSA) is 27.5 Å². The highest BCUT2D eigenvalue weighted by atomic mass is 79.9. The third kappa shape index (κ3) is 1.31. The molecule has 0 bridgehead atoms. The molecule has 0 saturated heterocycles. The van der Waals surface area contributed by atoms with Gasteiger partial charge in [-0.1, -0.05) is 22.0 Å². The first-order valence-corrected chi connectivity index (χ1v) is 4.34. The van der Waals surface area contributed by atoms with Crippen molar-refractivity contribution in [2.24, 2.45) is 0 Å². The molecule has 0 fully saturated rings. The fourth-order valence-corrected chi connectivity index (χ4v) is 1.83. The maximum absolute atomic E-state index is 11.0. The zero-order valence-electron chi connectivity index (χ0n) is 5.93. The van der Waals surface area contributed by atoms with Crippen molar-refractivity contribution >= 4 is 15.9 Å². The zero-order chi connectivity index (χ0) is 7.84. The van der Waals surface area contributed by atoms with E-state index in [2.05, 4.69) is 15.9 Å². The molecule has 1 atom stereocenters. The molecule has 3 heteroatoms. The highest BCUT2D eigenvalue weighted by Gasteiger charge is 2.15. The summed E-state index contributed by atoms with van der Waals surface area (Å²) in [7, 11) is 0. The summed E-state index contributed by atoms with van der Waals surface area (Å²) >= 11 is 3.37. The molecule has 58 valence electrons. The number of benzene rings is 1. The van der Waals surface area contributed by atoms with Gasteiger partial charge in [0.25, 0.3) is 0 Å². The lowest BCUT2D eigenvalue weighted by Crippen LogP contribution is -3.02. The molecular formula is C8H8BrNO. The van der Waals surface area contributed by atoms with Crippen LogP contribution in [-0.2, 0) is 13.1 Å². The first-order valence-electron chi connectivity index (χ1n) is 3.55. The van der Waals surface area contributed by atoms with Crippen molar-refractivity contribution in [2.75, 3.05) is 0 Å². The van der Waals surface area contributed by atoms with Gasteiger partial charge in [0.15, 0.2) is 0 Å². The molecule has 2 rings (SSSR count). The highest BCUT2D eigenvalue weighted by molar-refractivity contribution is 9.10. The molecule has 2 nitrogen and oxygen atoms in total. The molecule has 0 saturated carbocycles. The third-order valence-electron chi connectivity index (χ3n) is 1.94. The van der Waals surface area contributed by atoms with Gasteiger partial charge in [0.2, 0.25) is 0 Å². The molecule has 0 aromatic heterocycles. The Bertz CT molecular complexity index is 287. The maximum atomic E-state index is 11.0. The second kappa shape index (κ2) is 2.59. The van der Waals surface area contributed by atoms with E-state index < -0.39 is 0 Å². The van der Waals surface area contributed by atoms with Crippen molar-refractivity contribution in [1.29, 1.82) is 0 Å². The van der Waals surface area contributed by atoms with Gasteiger partial charge in [-0.3, -0.25) is 0 Å². The zero-order valence-corrected chi connectivity index (χ0v) is 7.52. The Morgan fingerprint density at radius 3 is 2.82 bits per heavy atom. The summed E-state index contributed by atoms with van der Waals surface area (Å²) in [5.74, 6) is 0. The first-order chi connectivity index (χ1) is 5.25. The van der Waals surface area contributed by atoms with E-state index in [1.807, 2.05) is 18.2 Å². The number of hydrogen-bond donors (Lipinski definition) is 1. The summed E-state index contributed by atoms with van der Waals surface area (Å²) in [5, 5.41) is 11.3.